The summed E-state index contributed by atoms with van der Waals surface area (Å²) >= 11 is 0. The van der Waals surface area contributed by atoms with E-state index in [2.05, 4.69) is 4.42 Å². The van der Waals surface area contributed by atoms with Crippen molar-refractivity contribution in [3.8, 4) is 0 Å². The summed E-state index contributed by atoms with van der Waals surface area (Å²) in [6.07, 6.45) is -3.58. The van der Waals surface area contributed by atoms with E-state index in [1.807, 2.05) is 0 Å². The van der Waals surface area contributed by atoms with Crippen LogP contribution in [-0.4, -0.2) is 0 Å². The molecule has 0 saturated heterocycles. The summed E-state index contributed by atoms with van der Waals surface area (Å²) in [6, 6.07) is 0.736. The van der Waals surface area contributed by atoms with E-state index < -0.39 is 11.9 Å². The Labute approximate surface area is 66.6 Å². The molecule has 6 heteroatoms. The van der Waals surface area contributed by atoms with Crippen molar-refractivity contribution in [3.63, 3.8) is 0 Å². The highest BCUT2D eigenvalue weighted by atomic mass is 35.5. The highest BCUT2D eigenvalue weighted by Crippen LogP contribution is 2.30. The standard InChI is InChI=1S/C5H4F3NO.ClH/c6-5(7,8)4-1-3(9)2-10-4;/h1-2H,9H2;1H. The predicted molar refractivity (Wildman–Crippen MR) is 35.4 cm³/mol. The number of hydrogen-bond acceptors (Lipinski definition) is 2. The first-order valence-electron chi connectivity index (χ1n) is 2.41. The molecule has 1 heterocycles. The van der Waals surface area contributed by atoms with Gasteiger partial charge in [0.05, 0.1) is 5.69 Å². The molecule has 0 unspecified atom stereocenters. The van der Waals surface area contributed by atoms with Crippen LogP contribution in [0.25, 0.3) is 0 Å². The molecule has 64 valence electrons. The highest BCUT2D eigenvalue weighted by Gasteiger charge is 2.34. The second kappa shape index (κ2) is 3.04. The average molecular weight is 188 g/mol. The molecule has 0 aliphatic rings. The molecule has 0 aromatic carbocycles. The minimum Gasteiger partial charge on any atom is -0.458 e. The molecule has 0 radical (unpaired) electrons. The van der Waals surface area contributed by atoms with E-state index >= 15 is 0 Å². The Kier molecular flexibility index (Phi) is 2.81. The second-order valence-electron chi connectivity index (χ2n) is 1.74. The van der Waals surface area contributed by atoms with Gasteiger partial charge in [0, 0.05) is 6.07 Å². The molecular weight excluding hydrogens is 183 g/mol. The summed E-state index contributed by atoms with van der Waals surface area (Å²) in [5.41, 5.74) is 4.96. The Bertz CT molecular complexity index is 232. The molecule has 0 saturated carbocycles. The molecule has 0 aliphatic heterocycles. The van der Waals surface area contributed by atoms with Crippen LogP contribution in [0, 0.1) is 0 Å². The molecule has 0 spiro atoms. The van der Waals surface area contributed by atoms with Gasteiger partial charge in [-0.3, -0.25) is 0 Å². The van der Waals surface area contributed by atoms with E-state index in [-0.39, 0.29) is 18.1 Å². The molecule has 1 aromatic rings. The zero-order valence-corrected chi connectivity index (χ0v) is 6.00. The molecule has 1 rings (SSSR count). The number of anilines is 1. The van der Waals surface area contributed by atoms with Crippen LogP contribution < -0.4 is 5.73 Å². The lowest BCUT2D eigenvalue weighted by Crippen LogP contribution is -2.02. The molecule has 0 atom stereocenters. The smallest absolute Gasteiger partial charge is 0.449 e. The minimum absolute atomic E-state index is 0. The molecular formula is C5H5ClF3NO. The van der Waals surface area contributed by atoms with Crippen LogP contribution >= 0.6 is 12.4 Å². The van der Waals surface area contributed by atoms with Crippen LogP contribution in [0.4, 0.5) is 18.9 Å². The van der Waals surface area contributed by atoms with Crippen molar-refractivity contribution in [1.29, 1.82) is 0 Å². The van der Waals surface area contributed by atoms with E-state index in [0.29, 0.717) is 0 Å². The van der Waals surface area contributed by atoms with Gasteiger partial charge in [-0.2, -0.15) is 13.2 Å². The number of furan rings is 1. The largest absolute Gasteiger partial charge is 0.458 e. The van der Waals surface area contributed by atoms with Crippen LogP contribution in [0.15, 0.2) is 16.7 Å². The van der Waals surface area contributed by atoms with Gasteiger partial charge in [0.1, 0.15) is 6.26 Å². The van der Waals surface area contributed by atoms with E-state index in [9.17, 15) is 13.2 Å². The van der Waals surface area contributed by atoms with Gasteiger partial charge in [0.15, 0.2) is 0 Å². The SMILES string of the molecule is Cl.Nc1coc(C(F)(F)F)c1. The summed E-state index contributed by atoms with van der Waals surface area (Å²) < 4.78 is 39.0. The average Bonchev–Trinajstić information content (AvgIpc) is 2.11. The van der Waals surface area contributed by atoms with Crippen molar-refractivity contribution in [2.75, 3.05) is 5.73 Å². The highest BCUT2D eigenvalue weighted by molar-refractivity contribution is 5.85. The van der Waals surface area contributed by atoms with E-state index in [1.54, 1.807) is 0 Å². The summed E-state index contributed by atoms with van der Waals surface area (Å²) in [5.74, 6) is -1.06. The number of nitrogen functional groups attached to an aromatic ring is 1. The van der Waals surface area contributed by atoms with Crippen molar-refractivity contribution in [3.05, 3.63) is 18.1 Å². The van der Waals surface area contributed by atoms with Crippen molar-refractivity contribution in [2.45, 2.75) is 6.18 Å². The van der Waals surface area contributed by atoms with Crippen LogP contribution in [0.3, 0.4) is 0 Å². The fourth-order valence-corrected chi connectivity index (χ4v) is 0.500. The first-order chi connectivity index (χ1) is 4.50. The second-order valence-corrected chi connectivity index (χ2v) is 1.74. The molecule has 2 N–H and O–H groups in total. The maximum Gasteiger partial charge on any atom is 0.449 e. The third-order valence-corrected chi connectivity index (χ3v) is 0.899. The zero-order chi connectivity index (χ0) is 7.78. The van der Waals surface area contributed by atoms with Gasteiger partial charge >= 0.3 is 6.18 Å². The Morgan fingerprint density at radius 3 is 2.09 bits per heavy atom. The molecule has 0 amide bonds. The van der Waals surface area contributed by atoms with Gasteiger partial charge in [-0.05, 0) is 0 Å². The van der Waals surface area contributed by atoms with Gasteiger partial charge in [-0.1, -0.05) is 0 Å². The molecule has 2 nitrogen and oxygen atoms in total. The van der Waals surface area contributed by atoms with E-state index in [4.69, 9.17) is 5.73 Å². The third-order valence-electron chi connectivity index (χ3n) is 0.899. The molecule has 1 aromatic heterocycles. The Balaban J connectivity index is 0.000001000. The molecule has 11 heavy (non-hydrogen) atoms. The Morgan fingerprint density at radius 1 is 1.36 bits per heavy atom. The Morgan fingerprint density at radius 2 is 1.91 bits per heavy atom. The van der Waals surface area contributed by atoms with Crippen molar-refractivity contribution in [1.82, 2.24) is 0 Å². The first kappa shape index (κ1) is 10.2. The van der Waals surface area contributed by atoms with Crippen molar-refractivity contribution >= 4 is 18.1 Å². The summed E-state index contributed by atoms with van der Waals surface area (Å²) in [7, 11) is 0. The molecule has 0 fully saturated rings. The van der Waals surface area contributed by atoms with Gasteiger partial charge in [-0.25, -0.2) is 0 Å². The minimum atomic E-state index is -4.43. The lowest BCUT2D eigenvalue weighted by atomic mass is 10.4. The topological polar surface area (TPSA) is 39.2 Å². The predicted octanol–water partition coefficient (Wildman–Crippen LogP) is 2.30. The first-order valence-corrected chi connectivity index (χ1v) is 2.41. The fraction of sp³-hybridized carbons (Fsp3) is 0.200. The van der Waals surface area contributed by atoms with Crippen molar-refractivity contribution < 1.29 is 17.6 Å². The number of halogens is 4. The number of rotatable bonds is 0. The van der Waals surface area contributed by atoms with Crippen LogP contribution in [0.1, 0.15) is 5.76 Å². The van der Waals surface area contributed by atoms with E-state index in [1.165, 1.54) is 0 Å². The maximum atomic E-state index is 11.7. The van der Waals surface area contributed by atoms with Gasteiger partial charge in [0.25, 0.3) is 0 Å². The number of alkyl halides is 3. The van der Waals surface area contributed by atoms with Crippen LogP contribution in [0.5, 0.6) is 0 Å². The molecule has 0 aliphatic carbocycles. The van der Waals surface area contributed by atoms with Gasteiger partial charge in [-0.15, -0.1) is 12.4 Å². The normalized spacial score (nSPS) is 10.8. The monoisotopic (exact) mass is 187 g/mol. The summed E-state index contributed by atoms with van der Waals surface area (Å²) in [5, 5.41) is 0. The van der Waals surface area contributed by atoms with Crippen LogP contribution in [0.2, 0.25) is 0 Å². The molecule has 0 bridgehead atoms. The maximum absolute atomic E-state index is 11.7. The fourth-order valence-electron chi connectivity index (χ4n) is 0.500. The van der Waals surface area contributed by atoms with Gasteiger partial charge in [0.2, 0.25) is 5.76 Å². The number of nitrogens with two attached hydrogens (primary N) is 1. The quantitative estimate of drug-likeness (QED) is 0.677. The summed E-state index contributed by atoms with van der Waals surface area (Å²) in [4.78, 5) is 0. The van der Waals surface area contributed by atoms with Crippen LogP contribution in [-0.2, 0) is 6.18 Å². The third kappa shape index (κ3) is 2.34. The lowest BCUT2D eigenvalue weighted by Gasteiger charge is -1.98. The van der Waals surface area contributed by atoms with Crippen molar-refractivity contribution in [2.24, 2.45) is 0 Å². The Hall–Kier alpha value is -0.840. The van der Waals surface area contributed by atoms with E-state index in [0.717, 1.165) is 12.3 Å². The zero-order valence-electron chi connectivity index (χ0n) is 5.18. The number of hydrogen-bond donors (Lipinski definition) is 1. The summed E-state index contributed by atoms with van der Waals surface area (Å²) in [6.45, 7) is 0. The van der Waals surface area contributed by atoms with Gasteiger partial charge < -0.3 is 10.2 Å². The lowest BCUT2D eigenvalue weighted by molar-refractivity contribution is -0.153.